The van der Waals surface area contributed by atoms with E-state index in [4.69, 9.17) is 33.1 Å². The zero-order valence-electron chi connectivity index (χ0n) is 17.7. The number of aryl methyl sites for hydroxylation is 1. The molecule has 0 atom stereocenters. The van der Waals surface area contributed by atoms with Gasteiger partial charge in [0.1, 0.15) is 0 Å². The fourth-order valence-electron chi connectivity index (χ4n) is 2.75. The van der Waals surface area contributed by atoms with E-state index in [1.54, 1.807) is 37.4 Å². The van der Waals surface area contributed by atoms with Crippen molar-refractivity contribution in [2.24, 2.45) is 7.05 Å². The summed E-state index contributed by atoms with van der Waals surface area (Å²) in [5, 5.41) is 11.2. The summed E-state index contributed by atoms with van der Waals surface area (Å²) in [6.07, 6.45) is 0. The molecule has 12 heteroatoms. The first-order valence-electron chi connectivity index (χ1n) is 9.25. The standard InChI is InChI=1S/C10H9ClN2O2.C9H6ClNO3.C2H4O2/c1-13-8-3-2-6(11)4-7(8)10(15)12-5-9(13)14;1-11-7-3-2-5(10)4-6(7)8(12)14-9(11)13;1-2(3)4/h2-4H,5H2,1H3,(H,12,15);2-4H,1H3;1H3,(H,3,4). The molecule has 0 saturated carbocycles. The summed E-state index contributed by atoms with van der Waals surface area (Å²) in [5.41, 5.74) is 0.858. The number of likely N-dealkylation sites (N-methyl/N-ethyl adjacent to an activating group) is 1. The number of nitrogens with zero attached hydrogens (tertiary/aromatic N) is 2. The molecule has 2 aromatic carbocycles. The minimum atomic E-state index is -0.833. The number of rotatable bonds is 0. The largest absolute Gasteiger partial charge is 0.481 e. The van der Waals surface area contributed by atoms with Crippen LogP contribution in [0.4, 0.5) is 5.69 Å². The molecule has 0 radical (unpaired) electrons. The Morgan fingerprint density at radius 1 is 1.03 bits per heavy atom. The number of carbonyl (C=O) groups excluding carboxylic acids is 2. The lowest BCUT2D eigenvalue weighted by molar-refractivity contribution is -0.134. The molecule has 3 aromatic rings. The average Bonchev–Trinajstić information content (AvgIpc) is 2.84. The lowest BCUT2D eigenvalue weighted by Gasteiger charge is -2.15. The number of carbonyl (C=O) groups is 3. The average molecular weight is 496 g/mol. The highest BCUT2D eigenvalue weighted by Gasteiger charge is 2.23. The van der Waals surface area contributed by atoms with E-state index in [-0.39, 0.29) is 18.4 Å². The fourth-order valence-corrected chi connectivity index (χ4v) is 3.10. The number of amides is 2. The van der Waals surface area contributed by atoms with Gasteiger partial charge < -0.3 is 19.7 Å². The number of nitrogens with one attached hydrogen (secondary N) is 1. The Morgan fingerprint density at radius 3 is 2.24 bits per heavy atom. The van der Waals surface area contributed by atoms with Crippen molar-refractivity contribution >= 4 is 57.6 Å². The van der Waals surface area contributed by atoms with Gasteiger partial charge in [0, 0.05) is 31.1 Å². The van der Waals surface area contributed by atoms with Crippen LogP contribution in [-0.2, 0) is 16.6 Å². The molecular weight excluding hydrogens is 477 g/mol. The summed E-state index contributed by atoms with van der Waals surface area (Å²) in [6, 6.07) is 9.57. The molecule has 33 heavy (non-hydrogen) atoms. The topological polar surface area (TPSA) is 139 Å². The first-order valence-corrected chi connectivity index (χ1v) is 10.0. The van der Waals surface area contributed by atoms with Crippen LogP contribution in [-0.4, -0.2) is 41.0 Å². The van der Waals surface area contributed by atoms with Gasteiger partial charge in [0.25, 0.3) is 11.9 Å². The van der Waals surface area contributed by atoms with Crippen LogP contribution in [0.15, 0.2) is 50.4 Å². The zero-order valence-corrected chi connectivity index (χ0v) is 19.2. The van der Waals surface area contributed by atoms with Gasteiger partial charge in [-0.2, -0.15) is 0 Å². The van der Waals surface area contributed by atoms with Gasteiger partial charge in [-0.25, -0.2) is 9.59 Å². The van der Waals surface area contributed by atoms with Crippen LogP contribution in [0, 0.1) is 0 Å². The number of aliphatic carboxylic acids is 1. The van der Waals surface area contributed by atoms with Gasteiger partial charge in [-0.1, -0.05) is 23.2 Å². The molecular formula is C21H19Cl2N3O7. The molecule has 174 valence electrons. The number of hydrogen-bond acceptors (Lipinski definition) is 6. The van der Waals surface area contributed by atoms with Gasteiger partial charge in [-0.3, -0.25) is 19.0 Å². The van der Waals surface area contributed by atoms with E-state index in [0.717, 1.165) is 6.92 Å². The maximum absolute atomic E-state index is 11.6. The van der Waals surface area contributed by atoms with E-state index in [9.17, 15) is 19.2 Å². The first-order chi connectivity index (χ1) is 15.4. The summed E-state index contributed by atoms with van der Waals surface area (Å²) in [5.74, 6) is -1.93. The monoisotopic (exact) mass is 495 g/mol. The number of anilines is 1. The summed E-state index contributed by atoms with van der Waals surface area (Å²) in [6.45, 7) is 1.10. The van der Waals surface area contributed by atoms with Crippen molar-refractivity contribution in [2.45, 2.75) is 6.92 Å². The van der Waals surface area contributed by atoms with Gasteiger partial charge in [-0.15, -0.1) is 0 Å². The summed E-state index contributed by atoms with van der Waals surface area (Å²) in [7, 11) is 3.16. The Labute approximate surface area is 196 Å². The van der Waals surface area contributed by atoms with Crippen molar-refractivity contribution in [1.29, 1.82) is 0 Å². The van der Waals surface area contributed by atoms with Crippen LogP contribution < -0.4 is 21.6 Å². The van der Waals surface area contributed by atoms with Gasteiger partial charge in [0.05, 0.1) is 28.7 Å². The van der Waals surface area contributed by atoms with Crippen molar-refractivity contribution in [1.82, 2.24) is 9.88 Å². The Bertz CT molecular complexity index is 1340. The van der Waals surface area contributed by atoms with Crippen LogP contribution in [0.25, 0.3) is 10.9 Å². The molecule has 0 unspecified atom stereocenters. The van der Waals surface area contributed by atoms with Crippen molar-refractivity contribution in [2.75, 3.05) is 18.5 Å². The molecule has 1 aliphatic rings. The van der Waals surface area contributed by atoms with Crippen molar-refractivity contribution < 1.29 is 23.9 Å². The maximum Gasteiger partial charge on any atom is 0.422 e. The molecule has 1 aromatic heterocycles. The minimum absolute atomic E-state index is 0.0155. The van der Waals surface area contributed by atoms with Gasteiger partial charge >= 0.3 is 11.4 Å². The Kier molecular flexibility index (Phi) is 8.38. The Balaban J connectivity index is 0.000000202. The number of aromatic nitrogens is 1. The first kappa shape index (κ1) is 25.6. The fraction of sp³-hybridized carbons (Fsp3) is 0.190. The minimum Gasteiger partial charge on any atom is -0.481 e. The molecule has 0 spiro atoms. The third-order valence-electron chi connectivity index (χ3n) is 4.33. The van der Waals surface area contributed by atoms with Crippen molar-refractivity contribution in [3.05, 3.63) is 73.0 Å². The normalized spacial score (nSPS) is 12.5. The van der Waals surface area contributed by atoms with Crippen LogP contribution in [0.2, 0.25) is 10.0 Å². The molecule has 2 N–H and O–H groups in total. The summed E-state index contributed by atoms with van der Waals surface area (Å²) >= 11 is 11.5. The van der Waals surface area contributed by atoms with Crippen LogP contribution in [0.5, 0.6) is 0 Å². The van der Waals surface area contributed by atoms with E-state index in [1.165, 1.54) is 22.6 Å². The third-order valence-corrected chi connectivity index (χ3v) is 4.80. The molecule has 0 fully saturated rings. The summed E-state index contributed by atoms with van der Waals surface area (Å²) < 4.78 is 5.73. The number of fused-ring (bicyclic) bond motifs is 2. The lowest BCUT2D eigenvalue weighted by Crippen LogP contribution is -2.33. The molecule has 0 saturated heterocycles. The Morgan fingerprint density at radius 2 is 1.61 bits per heavy atom. The van der Waals surface area contributed by atoms with Crippen LogP contribution >= 0.6 is 23.2 Å². The van der Waals surface area contributed by atoms with E-state index in [0.29, 0.717) is 32.2 Å². The molecule has 0 aliphatic carbocycles. The highest BCUT2D eigenvalue weighted by molar-refractivity contribution is 6.31. The highest BCUT2D eigenvalue weighted by atomic mass is 35.5. The highest BCUT2D eigenvalue weighted by Crippen LogP contribution is 2.25. The molecule has 2 heterocycles. The predicted molar refractivity (Wildman–Crippen MR) is 123 cm³/mol. The van der Waals surface area contributed by atoms with Crippen molar-refractivity contribution in [3.8, 4) is 0 Å². The number of benzene rings is 2. The smallest absolute Gasteiger partial charge is 0.422 e. The third kappa shape index (κ3) is 6.43. The second-order valence-corrected chi connectivity index (χ2v) is 7.56. The van der Waals surface area contributed by atoms with E-state index >= 15 is 0 Å². The molecule has 10 nitrogen and oxygen atoms in total. The molecule has 4 rings (SSSR count). The quantitative estimate of drug-likeness (QED) is 0.487. The maximum atomic E-state index is 11.6. The van der Waals surface area contributed by atoms with Gasteiger partial charge in [-0.05, 0) is 36.4 Å². The van der Waals surface area contributed by atoms with Gasteiger partial charge in [0.2, 0.25) is 5.91 Å². The number of carboxylic acid groups (broad SMARTS) is 1. The second kappa shape index (κ2) is 10.8. The van der Waals surface area contributed by atoms with E-state index in [1.807, 2.05) is 0 Å². The molecule has 2 amide bonds. The van der Waals surface area contributed by atoms with Crippen LogP contribution in [0.1, 0.15) is 17.3 Å². The zero-order chi connectivity index (χ0) is 24.9. The van der Waals surface area contributed by atoms with E-state index < -0.39 is 17.4 Å². The lowest BCUT2D eigenvalue weighted by atomic mass is 10.1. The number of halogens is 2. The summed E-state index contributed by atoms with van der Waals surface area (Å²) in [4.78, 5) is 55.9. The second-order valence-electron chi connectivity index (χ2n) is 6.69. The van der Waals surface area contributed by atoms with Crippen molar-refractivity contribution in [3.63, 3.8) is 0 Å². The number of carboxylic acids is 1. The number of hydrogen-bond donors (Lipinski definition) is 2. The van der Waals surface area contributed by atoms with Crippen LogP contribution in [0.3, 0.4) is 0 Å². The molecule has 1 aliphatic heterocycles. The molecule has 0 bridgehead atoms. The van der Waals surface area contributed by atoms with Gasteiger partial charge in [0.15, 0.2) is 0 Å². The Hall–Kier alpha value is -3.63. The van der Waals surface area contributed by atoms with E-state index in [2.05, 4.69) is 9.73 Å². The predicted octanol–water partition coefficient (Wildman–Crippen LogP) is 2.28. The SMILES string of the molecule is CC(=O)O.CN1C(=O)CNC(=O)c2cc(Cl)ccc21.Cn1c(=O)oc(=O)c2cc(Cl)ccc21.